The summed E-state index contributed by atoms with van der Waals surface area (Å²) in [6.45, 7) is 3.03. The van der Waals surface area contributed by atoms with E-state index in [1.807, 2.05) is 19.3 Å². The zero-order valence-electron chi connectivity index (χ0n) is 8.99. The van der Waals surface area contributed by atoms with Crippen molar-refractivity contribution in [1.82, 2.24) is 9.97 Å². The van der Waals surface area contributed by atoms with Gasteiger partial charge >= 0.3 is 0 Å². The Morgan fingerprint density at radius 1 is 1.40 bits per heavy atom. The van der Waals surface area contributed by atoms with Crippen LogP contribution in [0, 0.1) is 6.92 Å². The molecule has 0 saturated carbocycles. The largest absolute Gasteiger partial charge is 0.337 e. The quantitative estimate of drug-likeness (QED) is 0.724. The summed E-state index contributed by atoms with van der Waals surface area (Å²) < 4.78 is 0. The summed E-state index contributed by atoms with van der Waals surface area (Å²) in [4.78, 5) is 10.9. The number of hydrogen-bond acceptors (Lipinski definition) is 3. The Balaban J connectivity index is 2.16. The van der Waals surface area contributed by atoms with Gasteiger partial charge in [-0.05, 0) is 31.7 Å². The molecule has 0 aromatic carbocycles. The maximum Gasteiger partial charge on any atom is 0.225 e. The molecule has 0 amide bonds. The average molecular weight is 226 g/mol. The molecule has 0 radical (unpaired) electrons. The lowest BCUT2D eigenvalue weighted by Crippen LogP contribution is -2.41. The molecular formula is C11H16ClN3. The summed E-state index contributed by atoms with van der Waals surface area (Å²) in [6, 6.07) is 0.406. The van der Waals surface area contributed by atoms with Gasteiger partial charge in [0.05, 0.1) is 0 Å². The van der Waals surface area contributed by atoms with Crippen LogP contribution >= 0.6 is 11.6 Å². The van der Waals surface area contributed by atoms with Crippen LogP contribution in [0.25, 0.3) is 0 Å². The molecule has 1 unspecified atom stereocenters. The van der Waals surface area contributed by atoms with Gasteiger partial charge < -0.3 is 4.90 Å². The molecule has 0 N–H and O–H groups in total. The number of rotatable bonds is 2. The zero-order valence-corrected chi connectivity index (χ0v) is 9.74. The van der Waals surface area contributed by atoms with Crippen molar-refractivity contribution in [3.8, 4) is 0 Å². The summed E-state index contributed by atoms with van der Waals surface area (Å²) in [5, 5.41) is 0. The fourth-order valence-electron chi connectivity index (χ4n) is 1.96. The molecule has 4 heteroatoms. The van der Waals surface area contributed by atoms with Crippen molar-refractivity contribution in [3.63, 3.8) is 0 Å². The summed E-state index contributed by atoms with van der Waals surface area (Å²) in [5.41, 5.74) is 1.10. The van der Waals surface area contributed by atoms with Crippen LogP contribution in [-0.2, 0) is 0 Å². The molecule has 1 atom stereocenters. The fraction of sp³-hybridized carbons (Fsp3) is 0.636. The van der Waals surface area contributed by atoms with E-state index in [2.05, 4.69) is 14.9 Å². The minimum absolute atomic E-state index is 0.406. The predicted molar refractivity (Wildman–Crippen MR) is 62.5 cm³/mol. The van der Waals surface area contributed by atoms with Gasteiger partial charge in [0.25, 0.3) is 0 Å². The maximum atomic E-state index is 5.96. The number of aromatic nitrogens is 2. The highest BCUT2D eigenvalue weighted by molar-refractivity contribution is 6.18. The first-order valence-electron chi connectivity index (χ1n) is 5.42. The van der Waals surface area contributed by atoms with Crippen LogP contribution in [0.4, 0.5) is 5.95 Å². The van der Waals surface area contributed by atoms with Gasteiger partial charge in [-0.3, -0.25) is 0 Å². The molecule has 1 saturated heterocycles. The fourth-order valence-corrected chi connectivity index (χ4v) is 2.28. The number of nitrogens with zero attached hydrogens (tertiary/aromatic N) is 3. The molecule has 1 aliphatic rings. The number of piperidine rings is 1. The molecule has 1 aliphatic heterocycles. The topological polar surface area (TPSA) is 29.0 Å². The maximum absolute atomic E-state index is 5.96. The smallest absolute Gasteiger partial charge is 0.225 e. The Hall–Kier alpha value is -0.830. The second-order valence-electron chi connectivity index (χ2n) is 4.06. The third-order valence-electron chi connectivity index (χ3n) is 2.83. The lowest BCUT2D eigenvalue weighted by Gasteiger charge is -2.34. The first-order valence-corrected chi connectivity index (χ1v) is 5.96. The van der Waals surface area contributed by atoms with E-state index in [-0.39, 0.29) is 0 Å². The van der Waals surface area contributed by atoms with Crippen LogP contribution < -0.4 is 4.90 Å². The highest BCUT2D eigenvalue weighted by Crippen LogP contribution is 2.22. The van der Waals surface area contributed by atoms with Gasteiger partial charge in [-0.1, -0.05) is 0 Å². The van der Waals surface area contributed by atoms with Crippen molar-refractivity contribution < 1.29 is 0 Å². The van der Waals surface area contributed by atoms with E-state index in [9.17, 15) is 0 Å². The minimum Gasteiger partial charge on any atom is -0.337 e. The van der Waals surface area contributed by atoms with Gasteiger partial charge in [0.15, 0.2) is 0 Å². The van der Waals surface area contributed by atoms with Crippen molar-refractivity contribution in [1.29, 1.82) is 0 Å². The molecule has 1 aromatic heterocycles. The van der Waals surface area contributed by atoms with Gasteiger partial charge in [0.1, 0.15) is 0 Å². The second-order valence-corrected chi connectivity index (χ2v) is 4.37. The van der Waals surface area contributed by atoms with E-state index < -0.39 is 0 Å². The average Bonchev–Trinajstić information content (AvgIpc) is 2.30. The second kappa shape index (κ2) is 4.79. The van der Waals surface area contributed by atoms with Gasteiger partial charge in [-0.2, -0.15) is 0 Å². The Labute approximate surface area is 95.5 Å². The Bertz CT molecular complexity index is 312. The van der Waals surface area contributed by atoms with Crippen LogP contribution in [0.2, 0.25) is 0 Å². The number of aryl methyl sites for hydroxylation is 1. The Kier molecular flexibility index (Phi) is 3.41. The molecule has 2 heterocycles. The molecular weight excluding hydrogens is 210 g/mol. The molecule has 0 aliphatic carbocycles. The minimum atomic E-state index is 0.406. The molecule has 1 fully saturated rings. The highest BCUT2D eigenvalue weighted by atomic mass is 35.5. The summed E-state index contributed by atoms with van der Waals surface area (Å²) in [6.07, 6.45) is 7.36. The van der Waals surface area contributed by atoms with Crippen molar-refractivity contribution >= 4 is 17.5 Å². The third kappa shape index (κ3) is 2.40. The molecule has 2 rings (SSSR count). The van der Waals surface area contributed by atoms with Crippen LogP contribution in [0.1, 0.15) is 24.8 Å². The predicted octanol–water partition coefficient (Wildman–Crippen LogP) is 2.38. The van der Waals surface area contributed by atoms with Crippen LogP contribution in [0.15, 0.2) is 12.4 Å². The van der Waals surface area contributed by atoms with Crippen molar-refractivity contribution in [2.75, 3.05) is 17.3 Å². The van der Waals surface area contributed by atoms with E-state index in [1.54, 1.807) is 0 Å². The SMILES string of the molecule is Cc1cnc(N2CCCCC2CCl)nc1. The third-order valence-corrected chi connectivity index (χ3v) is 3.19. The number of alkyl halides is 1. The van der Waals surface area contributed by atoms with Gasteiger partial charge in [0, 0.05) is 30.9 Å². The number of anilines is 1. The van der Waals surface area contributed by atoms with E-state index in [0.717, 1.165) is 24.5 Å². The monoisotopic (exact) mass is 225 g/mol. The molecule has 3 nitrogen and oxygen atoms in total. The van der Waals surface area contributed by atoms with Crippen molar-refractivity contribution in [2.45, 2.75) is 32.2 Å². The van der Waals surface area contributed by atoms with Gasteiger partial charge in [-0.25, -0.2) is 9.97 Å². The van der Waals surface area contributed by atoms with E-state index in [0.29, 0.717) is 11.9 Å². The van der Waals surface area contributed by atoms with E-state index >= 15 is 0 Å². The normalized spacial score (nSPS) is 21.7. The first kappa shape index (κ1) is 10.7. The lowest BCUT2D eigenvalue weighted by molar-refractivity contribution is 0.480. The summed E-state index contributed by atoms with van der Waals surface area (Å²) >= 11 is 5.96. The van der Waals surface area contributed by atoms with Crippen LogP contribution in [-0.4, -0.2) is 28.4 Å². The summed E-state index contributed by atoms with van der Waals surface area (Å²) in [5.74, 6) is 1.49. The summed E-state index contributed by atoms with van der Waals surface area (Å²) in [7, 11) is 0. The molecule has 1 aromatic rings. The van der Waals surface area contributed by atoms with Crippen molar-refractivity contribution in [3.05, 3.63) is 18.0 Å². The molecule has 0 bridgehead atoms. The zero-order chi connectivity index (χ0) is 10.7. The first-order chi connectivity index (χ1) is 7.31. The number of hydrogen-bond donors (Lipinski definition) is 0. The number of halogens is 1. The highest BCUT2D eigenvalue weighted by Gasteiger charge is 2.23. The molecule has 82 valence electrons. The van der Waals surface area contributed by atoms with Crippen molar-refractivity contribution in [2.24, 2.45) is 0 Å². The lowest BCUT2D eigenvalue weighted by atomic mass is 10.0. The molecule has 0 spiro atoms. The standard InChI is InChI=1S/C11H16ClN3/c1-9-7-13-11(14-8-9)15-5-3-2-4-10(15)6-12/h7-8,10H,2-6H2,1H3. The van der Waals surface area contributed by atoms with Gasteiger partial charge in [-0.15, -0.1) is 11.6 Å². The Morgan fingerprint density at radius 2 is 2.13 bits per heavy atom. The Morgan fingerprint density at radius 3 is 2.80 bits per heavy atom. The van der Waals surface area contributed by atoms with Gasteiger partial charge in [0.2, 0.25) is 5.95 Å². The van der Waals surface area contributed by atoms with Crippen LogP contribution in [0.3, 0.4) is 0 Å². The van der Waals surface area contributed by atoms with E-state index in [1.165, 1.54) is 12.8 Å². The van der Waals surface area contributed by atoms with Crippen LogP contribution in [0.5, 0.6) is 0 Å². The molecule has 15 heavy (non-hydrogen) atoms. The van der Waals surface area contributed by atoms with E-state index in [4.69, 9.17) is 11.6 Å².